The highest BCUT2D eigenvalue weighted by Gasteiger charge is 2.55. The highest BCUT2D eigenvalue weighted by atomic mass is 35.5. The maximum absolute atomic E-state index is 11.8. The summed E-state index contributed by atoms with van der Waals surface area (Å²) in [5.41, 5.74) is 0. The summed E-state index contributed by atoms with van der Waals surface area (Å²) >= 11 is 11.6. The van der Waals surface area contributed by atoms with Crippen LogP contribution in [-0.2, 0) is 10.8 Å². The number of hydrogen-bond donors (Lipinski definition) is 0. The Morgan fingerprint density at radius 3 is 2.31 bits per heavy atom. The van der Waals surface area contributed by atoms with Gasteiger partial charge in [-0.3, -0.25) is 4.21 Å². The van der Waals surface area contributed by atoms with Gasteiger partial charge in [0.15, 0.2) is 0 Å². The Morgan fingerprint density at radius 2 is 1.85 bits per heavy atom. The van der Waals surface area contributed by atoms with Gasteiger partial charge in [0.1, 0.15) is 4.33 Å². The summed E-state index contributed by atoms with van der Waals surface area (Å²) < 4.78 is 11.0. The first kappa shape index (κ1) is 9.50. The normalized spacial score (nSPS) is 26.8. The minimum atomic E-state index is -1.06. The predicted octanol–water partition coefficient (Wildman–Crippen LogP) is 2.74. The standard InChI is InChI=1S/C9H8Cl2OS/c10-9(11)6-8(9)13(12)7-4-2-1-3-5-7/h1-5,8H,6H2. The summed E-state index contributed by atoms with van der Waals surface area (Å²) in [5, 5.41) is -0.0989. The average molecular weight is 235 g/mol. The molecule has 2 rings (SSSR count). The zero-order chi connectivity index (χ0) is 9.47. The fraction of sp³-hybridized carbons (Fsp3) is 0.333. The van der Waals surface area contributed by atoms with E-state index in [1.165, 1.54) is 0 Å². The van der Waals surface area contributed by atoms with Crippen molar-refractivity contribution in [3.8, 4) is 0 Å². The fourth-order valence-corrected chi connectivity index (χ4v) is 3.60. The van der Waals surface area contributed by atoms with Crippen LogP contribution in [0.15, 0.2) is 35.2 Å². The number of rotatable bonds is 2. The number of halogens is 2. The Kier molecular flexibility index (Phi) is 2.39. The van der Waals surface area contributed by atoms with E-state index in [0.717, 1.165) is 4.90 Å². The van der Waals surface area contributed by atoms with Crippen LogP contribution in [0.5, 0.6) is 0 Å². The van der Waals surface area contributed by atoms with E-state index in [2.05, 4.69) is 0 Å². The van der Waals surface area contributed by atoms with Crippen molar-refractivity contribution in [1.29, 1.82) is 0 Å². The Bertz CT molecular complexity index is 337. The SMILES string of the molecule is O=S(c1ccccc1)C1CC1(Cl)Cl. The molecule has 0 radical (unpaired) electrons. The summed E-state index contributed by atoms with van der Waals surface area (Å²) in [6.45, 7) is 0. The topological polar surface area (TPSA) is 17.1 Å². The predicted molar refractivity (Wildman–Crippen MR) is 55.7 cm³/mol. The molecule has 4 heteroatoms. The molecule has 1 fully saturated rings. The first-order chi connectivity index (χ1) is 6.11. The number of hydrogen-bond acceptors (Lipinski definition) is 1. The lowest BCUT2D eigenvalue weighted by Crippen LogP contribution is -2.04. The van der Waals surface area contributed by atoms with Crippen molar-refractivity contribution < 1.29 is 4.21 Å². The van der Waals surface area contributed by atoms with Gasteiger partial charge in [-0.1, -0.05) is 18.2 Å². The fourth-order valence-electron chi connectivity index (χ4n) is 1.14. The van der Waals surface area contributed by atoms with Crippen LogP contribution in [0.25, 0.3) is 0 Å². The molecule has 0 aliphatic heterocycles. The van der Waals surface area contributed by atoms with Gasteiger partial charge in [0, 0.05) is 4.90 Å². The van der Waals surface area contributed by atoms with E-state index in [-0.39, 0.29) is 5.25 Å². The van der Waals surface area contributed by atoms with Crippen molar-refractivity contribution in [2.24, 2.45) is 0 Å². The minimum Gasteiger partial charge on any atom is -0.254 e. The molecule has 13 heavy (non-hydrogen) atoms. The van der Waals surface area contributed by atoms with Crippen molar-refractivity contribution in [3.05, 3.63) is 30.3 Å². The van der Waals surface area contributed by atoms with E-state index in [1.807, 2.05) is 30.3 Å². The van der Waals surface area contributed by atoms with Gasteiger partial charge in [-0.25, -0.2) is 0 Å². The Morgan fingerprint density at radius 1 is 1.31 bits per heavy atom. The molecule has 1 nitrogen and oxygen atoms in total. The van der Waals surface area contributed by atoms with E-state index < -0.39 is 15.1 Å². The van der Waals surface area contributed by atoms with Gasteiger partial charge in [-0.2, -0.15) is 0 Å². The lowest BCUT2D eigenvalue weighted by Gasteiger charge is -2.00. The van der Waals surface area contributed by atoms with Crippen molar-refractivity contribution in [3.63, 3.8) is 0 Å². The van der Waals surface area contributed by atoms with Gasteiger partial charge in [-0.05, 0) is 18.6 Å². The van der Waals surface area contributed by atoms with Gasteiger partial charge in [0.05, 0.1) is 16.0 Å². The molecule has 0 spiro atoms. The van der Waals surface area contributed by atoms with E-state index in [4.69, 9.17) is 23.2 Å². The van der Waals surface area contributed by atoms with Gasteiger partial charge < -0.3 is 0 Å². The monoisotopic (exact) mass is 234 g/mol. The summed E-state index contributed by atoms with van der Waals surface area (Å²) in [6, 6.07) is 9.28. The zero-order valence-corrected chi connectivity index (χ0v) is 9.07. The molecule has 1 aromatic rings. The summed E-state index contributed by atoms with van der Waals surface area (Å²) in [5.74, 6) is 0. The van der Waals surface area contributed by atoms with E-state index in [0.29, 0.717) is 6.42 Å². The van der Waals surface area contributed by atoms with Gasteiger partial charge in [0.25, 0.3) is 0 Å². The van der Waals surface area contributed by atoms with Crippen LogP contribution in [0, 0.1) is 0 Å². The largest absolute Gasteiger partial charge is 0.254 e. The Balaban J connectivity index is 2.17. The van der Waals surface area contributed by atoms with E-state index >= 15 is 0 Å². The molecule has 2 unspecified atom stereocenters. The first-order valence-corrected chi connectivity index (χ1v) is 5.91. The third-order valence-corrected chi connectivity index (χ3v) is 4.92. The molecule has 1 aliphatic carbocycles. The summed E-state index contributed by atoms with van der Waals surface area (Å²) in [6.07, 6.45) is 0.623. The van der Waals surface area contributed by atoms with Crippen LogP contribution in [0.4, 0.5) is 0 Å². The van der Waals surface area contributed by atoms with Gasteiger partial charge >= 0.3 is 0 Å². The number of alkyl halides is 2. The smallest absolute Gasteiger partial charge is 0.134 e. The lowest BCUT2D eigenvalue weighted by molar-refractivity contribution is 0.682. The van der Waals surface area contributed by atoms with Crippen LogP contribution in [0.3, 0.4) is 0 Å². The molecule has 1 aliphatic rings. The molecule has 0 bridgehead atoms. The third kappa shape index (κ3) is 1.90. The summed E-state index contributed by atoms with van der Waals surface area (Å²) in [4.78, 5) is 0.802. The molecule has 0 heterocycles. The average Bonchev–Trinajstić information content (AvgIpc) is 2.76. The van der Waals surface area contributed by atoms with Crippen LogP contribution in [-0.4, -0.2) is 13.8 Å². The number of benzene rings is 1. The highest BCUT2D eigenvalue weighted by molar-refractivity contribution is 7.86. The molecular weight excluding hydrogens is 227 g/mol. The maximum Gasteiger partial charge on any atom is 0.134 e. The van der Waals surface area contributed by atoms with Crippen molar-refractivity contribution in [2.75, 3.05) is 0 Å². The van der Waals surface area contributed by atoms with Crippen molar-refractivity contribution >= 4 is 34.0 Å². The molecule has 0 N–H and O–H groups in total. The van der Waals surface area contributed by atoms with Crippen LogP contribution >= 0.6 is 23.2 Å². The molecular formula is C9H8Cl2OS. The van der Waals surface area contributed by atoms with Gasteiger partial charge in [0.2, 0.25) is 0 Å². The van der Waals surface area contributed by atoms with E-state index in [1.54, 1.807) is 0 Å². The van der Waals surface area contributed by atoms with Crippen LogP contribution in [0.2, 0.25) is 0 Å². The second-order valence-corrected chi connectivity index (χ2v) is 6.24. The summed E-state index contributed by atoms with van der Waals surface area (Å²) in [7, 11) is -1.06. The molecule has 1 aromatic carbocycles. The van der Waals surface area contributed by atoms with Crippen molar-refractivity contribution in [1.82, 2.24) is 0 Å². The second kappa shape index (κ2) is 3.26. The highest BCUT2D eigenvalue weighted by Crippen LogP contribution is 2.51. The molecule has 1 saturated carbocycles. The lowest BCUT2D eigenvalue weighted by atomic mass is 10.4. The molecule has 0 aromatic heterocycles. The maximum atomic E-state index is 11.8. The molecule has 0 saturated heterocycles. The van der Waals surface area contributed by atoms with Crippen LogP contribution in [0.1, 0.15) is 6.42 Å². The van der Waals surface area contributed by atoms with Crippen LogP contribution < -0.4 is 0 Å². The molecule has 0 amide bonds. The molecule has 70 valence electrons. The Labute approximate surface area is 89.5 Å². The quantitative estimate of drug-likeness (QED) is 0.720. The molecule has 2 atom stereocenters. The Hall–Kier alpha value is -0.0500. The minimum absolute atomic E-state index is 0.0989. The van der Waals surface area contributed by atoms with Gasteiger partial charge in [-0.15, -0.1) is 23.2 Å². The second-order valence-electron chi connectivity index (χ2n) is 3.06. The first-order valence-electron chi connectivity index (χ1n) is 3.95. The zero-order valence-electron chi connectivity index (χ0n) is 6.74. The van der Waals surface area contributed by atoms with E-state index in [9.17, 15) is 4.21 Å². The third-order valence-electron chi connectivity index (χ3n) is 2.00. The van der Waals surface area contributed by atoms with Crippen molar-refractivity contribution in [2.45, 2.75) is 20.9 Å².